The van der Waals surface area contributed by atoms with Crippen LogP contribution < -0.4 is 4.74 Å². The highest BCUT2D eigenvalue weighted by Gasteiger charge is 2.16. The van der Waals surface area contributed by atoms with E-state index in [0.717, 1.165) is 28.5 Å². The van der Waals surface area contributed by atoms with Gasteiger partial charge in [0.1, 0.15) is 11.5 Å². The van der Waals surface area contributed by atoms with Crippen LogP contribution >= 0.6 is 0 Å². The Labute approximate surface area is 93.5 Å². The van der Waals surface area contributed by atoms with E-state index in [0.29, 0.717) is 0 Å². The molecule has 0 aromatic carbocycles. The molecule has 0 N–H and O–H groups in total. The maximum absolute atomic E-state index is 5.76. The lowest BCUT2D eigenvalue weighted by molar-refractivity contribution is 0.432. The zero-order valence-corrected chi connectivity index (χ0v) is 8.84. The molecule has 2 aliphatic heterocycles. The predicted octanol–water partition coefficient (Wildman–Crippen LogP) is 2.65. The van der Waals surface area contributed by atoms with Crippen molar-refractivity contribution in [1.82, 2.24) is 4.98 Å². The fourth-order valence-corrected chi connectivity index (χ4v) is 1.69. The molecule has 0 aliphatic carbocycles. The summed E-state index contributed by atoms with van der Waals surface area (Å²) in [5, 5.41) is 0. The molecule has 0 saturated carbocycles. The lowest BCUT2D eigenvalue weighted by Crippen LogP contribution is -2.06. The number of hydrogen-bond donors (Lipinski definition) is 0. The van der Waals surface area contributed by atoms with Gasteiger partial charge in [-0.15, -0.1) is 0 Å². The second-order valence-corrected chi connectivity index (χ2v) is 3.68. The van der Waals surface area contributed by atoms with Crippen molar-refractivity contribution in [1.29, 1.82) is 0 Å². The van der Waals surface area contributed by atoms with Gasteiger partial charge in [-0.05, 0) is 37.3 Å². The van der Waals surface area contributed by atoms with Gasteiger partial charge < -0.3 is 4.74 Å². The minimum Gasteiger partial charge on any atom is -0.454 e. The van der Waals surface area contributed by atoms with Crippen LogP contribution in [0.15, 0.2) is 46.8 Å². The summed E-state index contributed by atoms with van der Waals surface area (Å²) in [5.41, 5.74) is 2.86. The van der Waals surface area contributed by atoms with Crippen LogP contribution in [0.5, 0.6) is 5.75 Å². The van der Waals surface area contributed by atoms with E-state index < -0.39 is 0 Å². The van der Waals surface area contributed by atoms with Crippen LogP contribution in [0.25, 0.3) is 6.08 Å². The molecule has 0 bridgehead atoms. The number of aromatic nitrogens is 1. The number of aliphatic imine (C=N–C) groups is 1. The summed E-state index contributed by atoms with van der Waals surface area (Å²) in [6.45, 7) is 1.97. The van der Waals surface area contributed by atoms with Crippen LogP contribution in [-0.2, 0) is 0 Å². The number of fused-ring (bicyclic) bond motifs is 2. The van der Waals surface area contributed by atoms with E-state index in [1.54, 1.807) is 12.4 Å². The summed E-state index contributed by atoms with van der Waals surface area (Å²) in [5.74, 6) is 1.61. The number of rotatable bonds is 0. The molecule has 3 heteroatoms. The molecule has 1 aromatic heterocycles. The van der Waals surface area contributed by atoms with Gasteiger partial charge in [-0.2, -0.15) is 0 Å². The van der Waals surface area contributed by atoms with Crippen LogP contribution in [0.3, 0.4) is 0 Å². The van der Waals surface area contributed by atoms with E-state index in [1.165, 1.54) is 0 Å². The largest absolute Gasteiger partial charge is 0.454 e. The average Bonchev–Trinajstić information content (AvgIpc) is 2.50. The zero-order valence-electron chi connectivity index (χ0n) is 8.84. The fourth-order valence-electron chi connectivity index (χ4n) is 1.69. The molecule has 0 saturated heterocycles. The van der Waals surface area contributed by atoms with Gasteiger partial charge in [-0.1, -0.05) is 0 Å². The first-order chi connectivity index (χ1) is 7.83. The number of pyridine rings is 1. The normalized spacial score (nSPS) is 16.6. The molecule has 2 aliphatic rings. The third-order valence-electron chi connectivity index (χ3n) is 2.47. The van der Waals surface area contributed by atoms with Crippen molar-refractivity contribution in [3.8, 4) is 5.75 Å². The van der Waals surface area contributed by atoms with E-state index in [-0.39, 0.29) is 0 Å². The topological polar surface area (TPSA) is 34.5 Å². The Morgan fingerprint density at radius 1 is 1.25 bits per heavy atom. The first-order valence-corrected chi connectivity index (χ1v) is 5.10. The minimum atomic E-state index is 0.796. The Hall–Kier alpha value is -2.16. The van der Waals surface area contributed by atoms with Crippen molar-refractivity contribution in [2.24, 2.45) is 4.99 Å². The van der Waals surface area contributed by atoms with Crippen molar-refractivity contribution in [2.75, 3.05) is 0 Å². The molecular weight excluding hydrogens is 200 g/mol. The molecule has 78 valence electrons. The van der Waals surface area contributed by atoms with Crippen molar-refractivity contribution < 1.29 is 4.74 Å². The van der Waals surface area contributed by atoms with E-state index in [1.807, 2.05) is 37.3 Å². The number of aryl methyl sites for hydroxylation is 1. The van der Waals surface area contributed by atoms with Crippen LogP contribution in [0.1, 0.15) is 11.4 Å². The Morgan fingerprint density at radius 3 is 3.12 bits per heavy atom. The van der Waals surface area contributed by atoms with Gasteiger partial charge in [0.05, 0.1) is 0 Å². The van der Waals surface area contributed by atoms with Crippen LogP contribution in [0, 0.1) is 6.92 Å². The van der Waals surface area contributed by atoms with Gasteiger partial charge in [0.15, 0.2) is 5.75 Å². The van der Waals surface area contributed by atoms with Crippen molar-refractivity contribution in [2.45, 2.75) is 6.92 Å². The molecular formula is C13H10N2O. The summed E-state index contributed by atoms with van der Waals surface area (Å²) in [7, 11) is 0. The summed E-state index contributed by atoms with van der Waals surface area (Å²) in [6, 6.07) is 3.89. The van der Waals surface area contributed by atoms with E-state index in [4.69, 9.17) is 4.74 Å². The summed E-state index contributed by atoms with van der Waals surface area (Å²) in [6.07, 6.45) is 9.26. The van der Waals surface area contributed by atoms with Gasteiger partial charge in [0.2, 0.25) is 0 Å². The second-order valence-electron chi connectivity index (χ2n) is 3.68. The van der Waals surface area contributed by atoms with E-state index in [9.17, 15) is 0 Å². The van der Waals surface area contributed by atoms with Crippen LogP contribution in [-0.4, -0.2) is 11.2 Å². The van der Waals surface area contributed by atoms with E-state index in [2.05, 4.69) is 9.98 Å². The Morgan fingerprint density at radius 2 is 2.19 bits per heavy atom. The molecule has 0 unspecified atom stereocenters. The van der Waals surface area contributed by atoms with Gasteiger partial charge >= 0.3 is 0 Å². The first kappa shape index (κ1) is 9.09. The highest BCUT2D eigenvalue weighted by molar-refractivity contribution is 5.78. The van der Waals surface area contributed by atoms with Crippen LogP contribution in [0.4, 0.5) is 0 Å². The molecule has 1 aromatic rings. The SMILES string of the molecule is Cc1ccc2c(n1)C=C1C=CN=CC=C1O2. The molecule has 0 radical (unpaired) electrons. The van der Waals surface area contributed by atoms with Gasteiger partial charge in [-0.3, -0.25) is 4.99 Å². The summed E-state index contributed by atoms with van der Waals surface area (Å²) < 4.78 is 5.76. The molecule has 3 rings (SSSR count). The van der Waals surface area contributed by atoms with Gasteiger partial charge in [-0.25, -0.2) is 4.98 Å². The lowest BCUT2D eigenvalue weighted by atomic mass is 10.1. The molecule has 3 heterocycles. The fraction of sp³-hybridized carbons (Fsp3) is 0.0769. The predicted molar refractivity (Wildman–Crippen MR) is 63.3 cm³/mol. The number of nitrogens with zero attached hydrogens (tertiary/aromatic N) is 2. The Bertz CT molecular complexity index is 565. The van der Waals surface area contributed by atoms with Crippen LogP contribution in [0.2, 0.25) is 0 Å². The number of allylic oxidation sites excluding steroid dienone is 2. The zero-order chi connectivity index (χ0) is 11.0. The summed E-state index contributed by atoms with van der Waals surface area (Å²) >= 11 is 0. The highest BCUT2D eigenvalue weighted by Crippen LogP contribution is 2.31. The monoisotopic (exact) mass is 210 g/mol. The van der Waals surface area contributed by atoms with Gasteiger partial charge in [0.25, 0.3) is 0 Å². The molecule has 0 spiro atoms. The third kappa shape index (κ3) is 1.46. The van der Waals surface area contributed by atoms with Gasteiger partial charge in [0, 0.05) is 23.7 Å². The lowest BCUT2D eigenvalue weighted by Gasteiger charge is -2.17. The highest BCUT2D eigenvalue weighted by atomic mass is 16.5. The van der Waals surface area contributed by atoms with E-state index >= 15 is 0 Å². The van der Waals surface area contributed by atoms with Crippen molar-refractivity contribution in [3.63, 3.8) is 0 Å². The Kier molecular flexibility index (Phi) is 1.96. The minimum absolute atomic E-state index is 0.796. The van der Waals surface area contributed by atoms with Crippen molar-refractivity contribution in [3.05, 3.63) is 53.2 Å². The smallest absolute Gasteiger partial charge is 0.153 e. The Balaban J connectivity index is 2.16. The average molecular weight is 210 g/mol. The standard InChI is InChI=1S/C13H10N2O/c1-9-2-3-13-11(15-9)8-10-4-6-14-7-5-12(10)16-13/h2-8H,1H3. The third-order valence-corrected chi connectivity index (χ3v) is 2.47. The number of ether oxygens (including phenoxy) is 1. The first-order valence-electron chi connectivity index (χ1n) is 5.10. The molecule has 3 nitrogen and oxygen atoms in total. The molecule has 16 heavy (non-hydrogen) atoms. The molecule has 0 atom stereocenters. The summed E-state index contributed by atoms with van der Waals surface area (Å²) in [4.78, 5) is 8.48. The maximum Gasteiger partial charge on any atom is 0.153 e. The van der Waals surface area contributed by atoms with Crippen molar-refractivity contribution >= 4 is 12.3 Å². The second kappa shape index (κ2) is 3.45. The molecule has 0 amide bonds. The number of hydrogen-bond acceptors (Lipinski definition) is 3. The maximum atomic E-state index is 5.76. The quantitative estimate of drug-likeness (QED) is 0.659. The molecule has 0 fully saturated rings.